The number of halogens is 3. The van der Waals surface area contributed by atoms with Crippen molar-refractivity contribution in [3.8, 4) is 11.3 Å². The molecule has 32 heavy (non-hydrogen) atoms. The summed E-state index contributed by atoms with van der Waals surface area (Å²) in [5.74, 6) is -2.22. The van der Waals surface area contributed by atoms with Gasteiger partial charge in [-0.3, -0.25) is 19.1 Å². The third-order valence-corrected chi connectivity index (χ3v) is 5.44. The van der Waals surface area contributed by atoms with E-state index in [2.05, 4.69) is 10.4 Å². The van der Waals surface area contributed by atoms with Crippen LogP contribution in [0.15, 0.2) is 30.3 Å². The first-order valence-corrected chi connectivity index (χ1v) is 10.3. The summed E-state index contributed by atoms with van der Waals surface area (Å²) in [6, 6.07) is 5.33. The molecule has 1 atom stereocenters. The quantitative estimate of drug-likeness (QED) is 0.625. The Morgan fingerprint density at radius 3 is 2.44 bits per heavy atom. The smallest absolute Gasteiger partial charge is 0.417 e. The van der Waals surface area contributed by atoms with Gasteiger partial charge in [-0.2, -0.15) is 18.3 Å². The average Bonchev–Trinajstić information content (AvgIpc) is 3.36. The van der Waals surface area contributed by atoms with Crippen molar-refractivity contribution in [1.82, 2.24) is 15.1 Å². The van der Waals surface area contributed by atoms with E-state index in [1.165, 1.54) is 35.9 Å². The summed E-state index contributed by atoms with van der Waals surface area (Å²) in [5.41, 5.74) is -0.852. The number of ketones is 1. The largest absolute Gasteiger partial charge is 0.481 e. The van der Waals surface area contributed by atoms with Crippen molar-refractivity contribution in [2.24, 2.45) is 0 Å². The normalized spacial score (nSPS) is 15.5. The van der Waals surface area contributed by atoms with Crippen LogP contribution in [0.1, 0.15) is 67.5 Å². The molecule has 1 aliphatic rings. The molecule has 0 saturated heterocycles. The van der Waals surface area contributed by atoms with E-state index in [0.717, 1.165) is 31.7 Å². The van der Waals surface area contributed by atoms with Crippen LogP contribution in [-0.4, -0.2) is 38.6 Å². The number of carbonyl (C=O) groups excluding carboxylic acids is 2. The Kier molecular flexibility index (Phi) is 7.00. The number of amides is 1. The van der Waals surface area contributed by atoms with E-state index in [-0.39, 0.29) is 35.2 Å². The van der Waals surface area contributed by atoms with Gasteiger partial charge >= 0.3 is 12.1 Å². The van der Waals surface area contributed by atoms with Crippen molar-refractivity contribution in [2.45, 2.75) is 63.7 Å². The maximum absolute atomic E-state index is 13.6. The Morgan fingerprint density at radius 2 is 1.84 bits per heavy atom. The number of hydrogen-bond acceptors (Lipinski definition) is 4. The van der Waals surface area contributed by atoms with Gasteiger partial charge < -0.3 is 10.4 Å². The molecule has 1 aromatic heterocycles. The van der Waals surface area contributed by atoms with Crippen LogP contribution in [0.3, 0.4) is 0 Å². The Bertz CT molecular complexity index is 994. The first-order valence-electron chi connectivity index (χ1n) is 10.3. The highest BCUT2D eigenvalue weighted by Gasteiger charge is 2.35. The number of benzene rings is 1. The average molecular weight is 451 g/mol. The van der Waals surface area contributed by atoms with E-state index in [1.54, 1.807) is 0 Å². The van der Waals surface area contributed by atoms with E-state index in [9.17, 15) is 27.6 Å². The maximum Gasteiger partial charge on any atom is 0.417 e. The number of aliphatic carboxylic acids is 1. The highest BCUT2D eigenvalue weighted by molar-refractivity contribution is 5.94. The topological polar surface area (TPSA) is 101 Å². The number of nitrogens with zero attached hydrogens (tertiary/aromatic N) is 2. The summed E-state index contributed by atoms with van der Waals surface area (Å²) in [4.78, 5) is 35.3. The molecule has 10 heteroatoms. The molecule has 172 valence electrons. The second kappa shape index (κ2) is 9.54. The Balaban J connectivity index is 2.00. The molecule has 0 unspecified atom stereocenters. The number of Topliss-reactive ketones (excluding diaryl/α,β-unsaturated/α-hetero) is 1. The molecular weight excluding hydrogens is 427 g/mol. The number of nitrogens with one attached hydrogen (secondary N) is 1. The van der Waals surface area contributed by atoms with Crippen LogP contribution in [0, 0.1) is 0 Å². The summed E-state index contributed by atoms with van der Waals surface area (Å²) in [6.07, 6.45) is -1.94. The number of carboxylic acids is 1. The minimum Gasteiger partial charge on any atom is -0.481 e. The van der Waals surface area contributed by atoms with Crippen molar-refractivity contribution >= 4 is 17.7 Å². The predicted octanol–water partition coefficient (Wildman–Crippen LogP) is 4.24. The van der Waals surface area contributed by atoms with Gasteiger partial charge in [0.1, 0.15) is 5.78 Å². The highest BCUT2D eigenvalue weighted by Crippen LogP contribution is 2.40. The van der Waals surface area contributed by atoms with Crippen LogP contribution in [0.2, 0.25) is 0 Å². The molecule has 1 heterocycles. The zero-order chi connectivity index (χ0) is 23.5. The molecule has 3 rings (SSSR count). The molecule has 1 aliphatic carbocycles. The minimum absolute atomic E-state index is 0.0794. The molecule has 7 nitrogen and oxygen atoms in total. The number of aromatic nitrogens is 2. The number of alkyl halides is 3. The lowest BCUT2D eigenvalue weighted by atomic mass is 10.0. The summed E-state index contributed by atoms with van der Waals surface area (Å²) >= 11 is 0. The van der Waals surface area contributed by atoms with Gasteiger partial charge in [0, 0.05) is 18.0 Å². The second-order valence-electron chi connectivity index (χ2n) is 8.02. The van der Waals surface area contributed by atoms with Crippen molar-refractivity contribution in [1.29, 1.82) is 0 Å². The first-order chi connectivity index (χ1) is 15.1. The third-order valence-electron chi connectivity index (χ3n) is 5.44. The zero-order valence-corrected chi connectivity index (χ0v) is 17.5. The van der Waals surface area contributed by atoms with E-state index >= 15 is 0 Å². The minimum atomic E-state index is -4.59. The van der Waals surface area contributed by atoms with Gasteiger partial charge in [0.25, 0.3) is 5.91 Å². The Morgan fingerprint density at radius 1 is 1.19 bits per heavy atom. The zero-order valence-electron chi connectivity index (χ0n) is 17.5. The molecule has 1 fully saturated rings. The predicted molar refractivity (Wildman–Crippen MR) is 109 cm³/mol. The van der Waals surface area contributed by atoms with Gasteiger partial charge in [-0.1, -0.05) is 31.0 Å². The van der Waals surface area contributed by atoms with E-state index in [1.807, 2.05) is 0 Å². The van der Waals surface area contributed by atoms with Crippen LogP contribution in [-0.2, 0) is 15.8 Å². The first kappa shape index (κ1) is 23.5. The van der Waals surface area contributed by atoms with Gasteiger partial charge in [-0.15, -0.1) is 0 Å². The summed E-state index contributed by atoms with van der Waals surface area (Å²) in [6.45, 7) is 1.28. The van der Waals surface area contributed by atoms with Crippen LogP contribution >= 0.6 is 0 Å². The van der Waals surface area contributed by atoms with Crippen LogP contribution in [0.25, 0.3) is 11.3 Å². The molecule has 1 saturated carbocycles. The van der Waals surface area contributed by atoms with Gasteiger partial charge in [-0.25, -0.2) is 0 Å². The van der Waals surface area contributed by atoms with Gasteiger partial charge in [-0.05, 0) is 31.9 Å². The maximum atomic E-state index is 13.6. The highest BCUT2D eigenvalue weighted by atomic mass is 19.4. The summed E-state index contributed by atoms with van der Waals surface area (Å²) in [5, 5.41) is 15.8. The monoisotopic (exact) mass is 451 g/mol. The van der Waals surface area contributed by atoms with Crippen molar-refractivity contribution in [2.75, 3.05) is 0 Å². The van der Waals surface area contributed by atoms with Crippen molar-refractivity contribution in [3.63, 3.8) is 0 Å². The lowest BCUT2D eigenvalue weighted by Crippen LogP contribution is -2.38. The molecule has 0 radical (unpaired) electrons. The van der Waals surface area contributed by atoms with Crippen molar-refractivity contribution in [3.05, 3.63) is 41.6 Å². The molecule has 2 N–H and O–H groups in total. The third kappa shape index (κ3) is 5.54. The molecular formula is C22H24F3N3O4. The number of carbonyl (C=O) groups is 3. The lowest BCUT2D eigenvalue weighted by molar-refractivity contribution is -0.138. The van der Waals surface area contributed by atoms with Gasteiger partial charge in [0.15, 0.2) is 5.69 Å². The van der Waals surface area contributed by atoms with Crippen LogP contribution in [0.5, 0.6) is 0 Å². The Hall–Kier alpha value is -3.17. The molecule has 0 bridgehead atoms. The second-order valence-corrected chi connectivity index (χ2v) is 8.02. The fourth-order valence-electron chi connectivity index (χ4n) is 4.08. The van der Waals surface area contributed by atoms with Gasteiger partial charge in [0.05, 0.1) is 23.7 Å². The summed E-state index contributed by atoms with van der Waals surface area (Å²) < 4.78 is 42.4. The van der Waals surface area contributed by atoms with Crippen LogP contribution < -0.4 is 5.32 Å². The number of carboxylic acid groups (broad SMARTS) is 1. The molecule has 1 aromatic carbocycles. The van der Waals surface area contributed by atoms with E-state index in [4.69, 9.17) is 5.11 Å². The van der Waals surface area contributed by atoms with E-state index < -0.39 is 36.1 Å². The molecule has 2 aromatic rings. The van der Waals surface area contributed by atoms with Gasteiger partial charge in [0.2, 0.25) is 0 Å². The molecule has 1 amide bonds. The molecule has 0 spiro atoms. The van der Waals surface area contributed by atoms with Crippen LogP contribution in [0.4, 0.5) is 13.2 Å². The SMILES string of the molecule is CC(=O)C[C@@H](CC(=O)O)NC(=O)c1cc(-c2ccccc2C(F)(F)F)n(C2CCCC2)n1. The summed E-state index contributed by atoms with van der Waals surface area (Å²) in [7, 11) is 0. The lowest BCUT2D eigenvalue weighted by Gasteiger charge is -2.17. The van der Waals surface area contributed by atoms with E-state index in [0.29, 0.717) is 0 Å². The molecule has 0 aliphatic heterocycles. The fraction of sp³-hybridized carbons (Fsp3) is 0.455. The van der Waals surface area contributed by atoms with Crippen molar-refractivity contribution < 1.29 is 32.7 Å². The fourth-order valence-corrected chi connectivity index (χ4v) is 4.08. The standard InChI is InChI=1S/C22H24F3N3O4/c1-13(29)10-14(11-20(30)31)26-21(32)18-12-19(28(27-18)15-6-2-3-7-15)16-8-4-5-9-17(16)22(23,24)25/h4-5,8-9,12,14-15H,2-3,6-7,10-11H2,1H3,(H,26,32)(H,30,31)/t14-/m0/s1. The number of hydrogen-bond donors (Lipinski definition) is 2. The Labute approximate surface area is 182 Å². The number of rotatable bonds is 8.